The van der Waals surface area contributed by atoms with E-state index < -0.39 is 10.7 Å². The molecule has 0 amide bonds. The Morgan fingerprint density at radius 3 is 2.92 bits per heavy atom. The number of thiophene rings is 1. The van der Waals surface area contributed by atoms with Crippen LogP contribution in [0.5, 0.6) is 0 Å². The van der Waals surface area contributed by atoms with Gasteiger partial charge < -0.3 is 5.11 Å². The molecule has 0 bridgehead atoms. The summed E-state index contributed by atoms with van der Waals surface area (Å²) in [6.07, 6.45) is 0.467. The van der Waals surface area contributed by atoms with Gasteiger partial charge in [-0.3, -0.25) is 4.79 Å². The van der Waals surface area contributed by atoms with Crippen molar-refractivity contribution >= 4 is 29.9 Å². The van der Waals surface area contributed by atoms with Crippen molar-refractivity contribution in [3.05, 3.63) is 22.4 Å². The molecule has 0 aliphatic carbocycles. The lowest BCUT2D eigenvalue weighted by atomic mass is 10.0. The highest BCUT2D eigenvalue weighted by Gasteiger charge is 2.28. The molecule has 2 nitrogen and oxygen atoms in total. The molecule has 0 saturated carbocycles. The number of rotatable bonds is 3. The summed E-state index contributed by atoms with van der Waals surface area (Å²) in [6.45, 7) is 1.61. The van der Waals surface area contributed by atoms with E-state index in [4.69, 9.17) is 5.11 Å². The smallest absolute Gasteiger partial charge is 0.319 e. The highest BCUT2D eigenvalue weighted by Crippen LogP contribution is 2.21. The van der Waals surface area contributed by atoms with Crippen LogP contribution in [0.1, 0.15) is 12.5 Å². The molecule has 0 fully saturated rings. The first-order valence-electron chi connectivity index (χ1n) is 3.49. The van der Waals surface area contributed by atoms with E-state index in [2.05, 4.69) is 12.6 Å². The first kappa shape index (κ1) is 9.61. The van der Waals surface area contributed by atoms with E-state index in [-0.39, 0.29) is 0 Å². The quantitative estimate of drug-likeness (QED) is 0.736. The Morgan fingerprint density at radius 2 is 2.50 bits per heavy atom. The van der Waals surface area contributed by atoms with Crippen LogP contribution in [0.25, 0.3) is 0 Å². The van der Waals surface area contributed by atoms with E-state index in [1.165, 1.54) is 0 Å². The minimum absolute atomic E-state index is 0.467. The van der Waals surface area contributed by atoms with Crippen LogP contribution in [0, 0.1) is 0 Å². The van der Waals surface area contributed by atoms with Crippen molar-refractivity contribution in [2.75, 3.05) is 0 Å². The van der Waals surface area contributed by atoms with Gasteiger partial charge >= 0.3 is 5.97 Å². The van der Waals surface area contributed by atoms with Gasteiger partial charge in [-0.05, 0) is 35.7 Å². The van der Waals surface area contributed by atoms with E-state index in [9.17, 15) is 4.79 Å². The first-order valence-corrected chi connectivity index (χ1v) is 4.88. The van der Waals surface area contributed by atoms with Gasteiger partial charge in [-0.1, -0.05) is 0 Å². The summed E-state index contributed by atoms with van der Waals surface area (Å²) in [5.41, 5.74) is 1.03. The van der Waals surface area contributed by atoms with E-state index in [0.717, 1.165) is 5.56 Å². The van der Waals surface area contributed by atoms with E-state index in [1.807, 2.05) is 16.8 Å². The third-order valence-electron chi connectivity index (χ3n) is 1.59. The lowest BCUT2D eigenvalue weighted by Crippen LogP contribution is -2.30. The fourth-order valence-corrected chi connectivity index (χ4v) is 1.72. The number of thiol groups is 1. The van der Waals surface area contributed by atoms with Crippen molar-refractivity contribution in [1.82, 2.24) is 0 Å². The van der Waals surface area contributed by atoms with Crippen molar-refractivity contribution in [1.29, 1.82) is 0 Å². The standard InChI is InChI=1S/C8H10O2S2/c1-8(11,7(9)10)4-6-2-3-12-5-6/h2-3,5,11H,4H2,1H3,(H,9,10). The molecule has 0 radical (unpaired) electrons. The van der Waals surface area contributed by atoms with E-state index >= 15 is 0 Å². The normalized spacial score (nSPS) is 15.5. The first-order chi connectivity index (χ1) is 5.52. The maximum absolute atomic E-state index is 10.7. The van der Waals surface area contributed by atoms with Gasteiger partial charge in [0.15, 0.2) is 0 Å². The zero-order valence-corrected chi connectivity index (χ0v) is 8.36. The summed E-state index contributed by atoms with van der Waals surface area (Å²) in [5.74, 6) is -0.878. The molecular weight excluding hydrogens is 192 g/mol. The molecule has 1 aromatic heterocycles. The fourth-order valence-electron chi connectivity index (χ4n) is 0.866. The molecule has 0 aliphatic rings. The number of carboxylic acids is 1. The minimum atomic E-state index is -0.957. The summed E-state index contributed by atoms with van der Waals surface area (Å²) in [5, 5.41) is 12.6. The van der Waals surface area contributed by atoms with E-state index in [1.54, 1.807) is 18.3 Å². The van der Waals surface area contributed by atoms with Crippen molar-refractivity contribution in [2.24, 2.45) is 0 Å². The third kappa shape index (κ3) is 2.25. The predicted molar refractivity (Wildman–Crippen MR) is 53.0 cm³/mol. The SMILES string of the molecule is CC(S)(Cc1ccsc1)C(=O)O. The summed E-state index contributed by atoms with van der Waals surface area (Å²) in [4.78, 5) is 10.7. The van der Waals surface area contributed by atoms with E-state index in [0.29, 0.717) is 6.42 Å². The molecule has 12 heavy (non-hydrogen) atoms. The van der Waals surface area contributed by atoms with Gasteiger partial charge in [0.05, 0.1) is 0 Å². The topological polar surface area (TPSA) is 37.3 Å². The Hall–Kier alpha value is -0.480. The van der Waals surface area contributed by atoms with Crippen LogP contribution in [-0.2, 0) is 11.2 Å². The minimum Gasteiger partial charge on any atom is -0.480 e. The van der Waals surface area contributed by atoms with Crippen LogP contribution in [0.4, 0.5) is 0 Å². The van der Waals surface area contributed by atoms with Gasteiger partial charge in [-0.25, -0.2) is 0 Å². The second kappa shape index (κ2) is 3.49. The van der Waals surface area contributed by atoms with Crippen molar-refractivity contribution in [3.8, 4) is 0 Å². The maximum Gasteiger partial charge on any atom is 0.319 e. The Labute approximate surface area is 80.6 Å². The highest BCUT2D eigenvalue weighted by atomic mass is 32.1. The maximum atomic E-state index is 10.7. The second-order valence-corrected chi connectivity index (χ2v) is 4.65. The molecule has 66 valence electrons. The van der Waals surface area contributed by atoms with Crippen LogP contribution >= 0.6 is 24.0 Å². The number of carboxylic acid groups (broad SMARTS) is 1. The van der Waals surface area contributed by atoms with Gasteiger partial charge in [-0.2, -0.15) is 24.0 Å². The number of aliphatic carboxylic acids is 1. The number of hydrogen-bond acceptors (Lipinski definition) is 3. The molecule has 0 saturated heterocycles. The number of carbonyl (C=O) groups is 1. The molecule has 4 heteroatoms. The summed E-state index contributed by atoms with van der Waals surface area (Å²) >= 11 is 5.64. The monoisotopic (exact) mass is 202 g/mol. The van der Waals surface area contributed by atoms with Crippen molar-refractivity contribution in [3.63, 3.8) is 0 Å². The van der Waals surface area contributed by atoms with Gasteiger partial charge in [0, 0.05) is 0 Å². The molecule has 1 unspecified atom stereocenters. The van der Waals surface area contributed by atoms with Crippen LogP contribution in [0.2, 0.25) is 0 Å². The van der Waals surface area contributed by atoms with Crippen LogP contribution < -0.4 is 0 Å². The lowest BCUT2D eigenvalue weighted by Gasteiger charge is -2.16. The third-order valence-corrected chi connectivity index (χ3v) is 2.67. The van der Waals surface area contributed by atoms with Crippen molar-refractivity contribution < 1.29 is 9.90 Å². The number of hydrogen-bond donors (Lipinski definition) is 2. The molecular formula is C8H10O2S2. The zero-order valence-electron chi connectivity index (χ0n) is 6.65. The summed E-state index contributed by atoms with van der Waals surface area (Å²) in [6, 6.07) is 1.92. The predicted octanol–water partition coefficient (Wildman–Crippen LogP) is 2.06. The Balaban J connectivity index is 2.69. The molecule has 1 rings (SSSR count). The van der Waals surface area contributed by atoms with Crippen LogP contribution in [-0.4, -0.2) is 15.8 Å². The molecule has 0 spiro atoms. The van der Waals surface area contributed by atoms with Gasteiger partial charge in [0.25, 0.3) is 0 Å². The molecule has 1 atom stereocenters. The Kier molecular flexibility index (Phi) is 2.80. The highest BCUT2D eigenvalue weighted by molar-refractivity contribution is 7.82. The molecule has 1 heterocycles. The van der Waals surface area contributed by atoms with Gasteiger partial charge in [-0.15, -0.1) is 0 Å². The Morgan fingerprint density at radius 1 is 1.83 bits per heavy atom. The molecule has 1 N–H and O–H groups in total. The Bertz CT molecular complexity index is 265. The van der Waals surface area contributed by atoms with Crippen LogP contribution in [0.15, 0.2) is 16.8 Å². The average Bonchev–Trinajstić information content (AvgIpc) is 2.38. The summed E-state index contributed by atoms with van der Waals surface area (Å²) in [7, 11) is 0. The average molecular weight is 202 g/mol. The van der Waals surface area contributed by atoms with Gasteiger partial charge in [0.1, 0.15) is 4.75 Å². The van der Waals surface area contributed by atoms with Crippen LogP contribution in [0.3, 0.4) is 0 Å². The summed E-state index contributed by atoms with van der Waals surface area (Å²) < 4.78 is -0.957. The van der Waals surface area contributed by atoms with Gasteiger partial charge in [0.2, 0.25) is 0 Å². The second-order valence-electron chi connectivity index (χ2n) is 2.89. The molecule has 0 aliphatic heterocycles. The fraction of sp³-hybridized carbons (Fsp3) is 0.375. The lowest BCUT2D eigenvalue weighted by molar-refractivity contribution is -0.139. The van der Waals surface area contributed by atoms with Crippen molar-refractivity contribution in [2.45, 2.75) is 18.1 Å². The largest absolute Gasteiger partial charge is 0.480 e. The molecule has 1 aromatic rings. The zero-order chi connectivity index (χ0) is 9.19. The molecule has 0 aromatic carbocycles.